The van der Waals surface area contributed by atoms with E-state index >= 15 is 0 Å². The van der Waals surface area contributed by atoms with E-state index in [1.165, 1.54) is 31.4 Å². The molecule has 114 valence electrons. The Morgan fingerprint density at radius 1 is 1.24 bits per heavy atom. The van der Waals surface area contributed by atoms with Crippen LogP contribution in [-0.4, -0.2) is 5.16 Å². The van der Waals surface area contributed by atoms with Crippen molar-refractivity contribution in [2.75, 3.05) is 5.73 Å². The number of unbranched alkanes of at least 4 members (excludes halogenated alkanes) is 4. The first-order valence-corrected chi connectivity index (χ1v) is 7.70. The quantitative estimate of drug-likeness (QED) is 0.712. The molecule has 0 saturated heterocycles. The molecule has 0 spiro atoms. The Bertz CT molecular complexity index is 598. The fourth-order valence-corrected chi connectivity index (χ4v) is 2.65. The summed E-state index contributed by atoms with van der Waals surface area (Å²) in [7, 11) is 0. The zero-order chi connectivity index (χ0) is 15.2. The lowest BCUT2D eigenvalue weighted by atomic mass is 10.0. The van der Waals surface area contributed by atoms with Gasteiger partial charge in [-0.25, -0.2) is 4.39 Å². The second kappa shape index (κ2) is 7.46. The lowest BCUT2D eigenvalue weighted by Crippen LogP contribution is -1.93. The smallest absolute Gasteiger partial charge is 0.230 e. The molecule has 0 aliphatic rings. The zero-order valence-corrected chi connectivity index (χ0v) is 12.9. The molecule has 0 amide bonds. The van der Waals surface area contributed by atoms with Crippen LogP contribution in [0.4, 0.5) is 10.3 Å². The molecule has 5 heteroatoms. The summed E-state index contributed by atoms with van der Waals surface area (Å²) in [6.45, 7) is 2.19. The monoisotopic (exact) mass is 310 g/mol. The van der Waals surface area contributed by atoms with Crippen LogP contribution in [0.3, 0.4) is 0 Å². The molecule has 2 rings (SSSR count). The molecule has 0 radical (unpaired) electrons. The molecule has 0 atom stereocenters. The van der Waals surface area contributed by atoms with E-state index in [-0.39, 0.29) is 11.7 Å². The van der Waals surface area contributed by atoms with Gasteiger partial charge < -0.3 is 10.3 Å². The van der Waals surface area contributed by atoms with Crippen molar-refractivity contribution in [1.29, 1.82) is 0 Å². The van der Waals surface area contributed by atoms with Gasteiger partial charge in [0, 0.05) is 5.56 Å². The van der Waals surface area contributed by atoms with Gasteiger partial charge in [-0.3, -0.25) is 0 Å². The number of rotatable bonds is 7. The van der Waals surface area contributed by atoms with Gasteiger partial charge in [0.2, 0.25) is 5.88 Å². The summed E-state index contributed by atoms with van der Waals surface area (Å²) in [4.78, 5) is 0. The second-order valence-corrected chi connectivity index (χ2v) is 5.56. The Labute approximate surface area is 129 Å². The molecule has 0 unspecified atom stereocenters. The number of benzene rings is 1. The normalized spacial score (nSPS) is 11.0. The number of nitrogen functional groups attached to an aromatic ring is 1. The SMILES string of the molecule is CCCCCCCc1noc(N)c1-c1ccc(F)cc1Cl. The van der Waals surface area contributed by atoms with Gasteiger partial charge in [0.25, 0.3) is 0 Å². The number of nitrogens with two attached hydrogens (primary N) is 1. The number of hydrogen-bond donors (Lipinski definition) is 1. The Morgan fingerprint density at radius 3 is 2.71 bits per heavy atom. The minimum Gasteiger partial charge on any atom is -0.367 e. The van der Waals surface area contributed by atoms with Gasteiger partial charge in [-0.05, 0) is 31.0 Å². The summed E-state index contributed by atoms with van der Waals surface area (Å²) in [5.74, 6) is -0.146. The molecule has 0 aliphatic carbocycles. The van der Waals surface area contributed by atoms with Gasteiger partial charge >= 0.3 is 0 Å². The lowest BCUT2D eigenvalue weighted by molar-refractivity contribution is 0.426. The van der Waals surface area contributed by atoms with Gasteiger partial charge in [-0.2, -0.15) is 0 Å². The third-order valence-electron chi connectivity index (χ3n) is 3.51. The van der Waals surface area contributed by atoms with Crippen molar-refractivity contribution < 1.29 is 8.91 Å². The average Bonchev–Trinajstić information content (AvgIpc) is 2.80. The maximum Gasteiger partial charge on any atom is 0.230 e. The van der Waals surface area contributed by atoms with Crippen LogP contribution in [0.25, 0.3) is 11.1 Å². The third-order valence-corrected chi connectivity index (χ3v) is 3.82. The molecule has 2 aromatic rings. The van der Waals surface area contributed by atoms with Crippen LogP contribution >= 0.6 is 11.6 Å². The summed E-state index contributed by atoms with van der Waals surface area (Å²) >= 11 is 6.10. The van der Waals surface area contributed by atoms with E-state index < -0.39 is 0 Å². The van der Waals surface area contributed by atoms with Crippen molar-refractivity contribution in [3.8, 4) is 11.1 Å². The summed E-state index contributed by atoms with van der Waals surface area (Å²) in [5.41, 5.74) is 8.00. The summed E-state index contributed by atoms with van der Waals surface area (Å²) in [6.07, 6.45) is 6.64. The van der Waals surface area contributed by atoms with E-state index in [9.17, 15) is 4.39 Å². The fraction of sp³-hybridized carbons (Fsp3) is 0.438. The highest BCUT2D eigenvalue weighted by Gasteiger charge is 2.18. The maximum absolute atomic E-state index is 13.2. The molecule has 0 bridgehead atoms. The average molecular weight is 311 g/mol. The number of halogens is 2. The van der Waals surface area contributed by atoms with Crippen molar-refractivity contribution in [2.24, 2.45) is 0 Å². The number of aryl methyl sites for hydroxylation is 1. The van der Waals surface area contributed by atoms with Crippen LogP contribution in [0, 0.1) is 5.82 Å². The number of aromatic nitrogens is 1. The third kappa shape index (κ3) is 3.97. The van der Waals surface area contributed by atoms with E-state index in [0.717, 1.165) is 25.0 Å². The Hall–Kier alpha value is -1.55. The van der Waals surface area contributed by atoms with Gasteiger partial charge in [0.1, 0.15) is 5.82 Å². The van der Waals surface area contributed by atoms with Crippen molar-refractivity contribution in [3.05, 3.63) is 34.7 Å². The molecule has 2 N–H and O–H groups in total. The highest BCUT2D eigenvalue weighted by Crippen LogP contribution is 2.35. The number of hydrogen-bond acceptors (Lipinski definition) is 3. The van der Waals surface area contributed by atoms with Crippen LogP contribution in [0.2, 0.25) is 5.02 Å². The topological polar surface area (TPSA) is 52.0 Å². The summed E-state index contributed by atoms with van der Waals surface area (Å²) in [6, 6.07) is 4.24. The molecular formula is C16H20ClFN2O. The van der Waals surface area contributed by atoms with Gasteiger partial charge in [-0.15, -0.1) is 0 Å². The molecule has 0 fully saturated rings. The Balaban J connectivity index is 2.14. The van der Waals surface area contributed by atoms with Gasteiger partial charge in [-0.1, -0.05) is 49.4 Å². The van der Waals surface area contributed by atoms with Crippen LogP contribution in [0.5, 0.6) is 0 Å². The number of nitrogens with zero attached hydrogens (tertiary/aromatic N) is 1. The molecule has 1 aromatic carbocycles. The largest absolute Gasteiger partial charge is 0.367 e. The first-order chi connectivity index (χ1) is 10.1. The highest BCUT2D eigenvalue weighted by molar-refractivity contribution is 6.33. The van der Waals surface area contributed by atoms with E-state index in [0.29, 0.717) is 16.1 Å². The van der Waals surface area contributed by atoms with Gasteiger partial charge in [0.05, 0.1) is 16.3 Å². The molecule has 0 saturated carbocycles. The predicted octanol–water partition coefficient (Wildman–Crippen LogP) is 5.23. The molecular weight excluding hydrogens is 291 g/mol. The molecule has 1 aromatic heterocycles. The van der Waals surface area contributed by atoms with E-state index in [4.69, 9.17) is 21.9 Å². The van der Waals surface area contributed by atoms with E-state index in [1.807, 2.05) is 0 Å². The molecule has 0 aliphatic heterocycles. The standard InChI is InChI=1S/C16H20ClFN2O/c1-2-3-4-5-6-7-14-15(16(19)21-20-14)12-9-8-11(18)10-13(12)17/h8-10H,2-7,19H2,1H3. The van der Waals surface area contributed by atoms with Gasteiger partial charge in [0.15, 0.2) is 0 Å². The Morgan fingerprint density at radius 2 is 2.00 bits per heavy atom. The van der Waals surface area contributed by atoms with E-state index in [2.05, 4.69) is 12.1 Å². The first-order valence-electron chi connectivity index (χ1n) is 7.33. The molecule has 21 heavy (non-hydrogen) atoms. The fourth-order valence-electron chi connectivity index (χ4n) is 2.38. The summed E-state index contributed by atoms with van der Waals surface area (Å²) < 4.78 is 18.2. The minimum atomic E-state index is -0.375. The Kier molecular flexibility index (Phi) is 5.62. The van der Waals surface area contributed by atoms with Crippen LogP contribution < -0.4 is 5.73 Å². The van der Waals surface area contributed by atoms with Crippen LogP contribution in [-0.2, 0) is 6.42 Å². The van der Waals surface area contributed by atoms with Crippen LogP contribution in [0.15, 0.2) is 22.7 Å². The molecule has 1 heterocycles. The highest BCUT2D eigenvalue weighted by atomic mass is 35.5. The first kappa shape index (κ1) is 15.8. The lowest BCUT2D eigenvalue weighted by Gasteiger charge is -2.05. The summed E-state index contributed by atoms with van der Waals surface area (Å²) in [5, 5.41) is 4.34. The van der Waals surface area contributed by atoms with Crippen molar-refractivity contribution >= 4 is 17.5 Å². The van der Waals surface area contributed by atoms with Crippen molar-refractivity contribution in [2.45, 2.75) is 45.4 Å². The van der Waals surface area contributed by atoms with Crippen molar-refractivity contribution in [1.82, 2.24) is 5.16 Å². The minimum absolute atomic E-state index is 0.229. The zero-order valence-electron chi connectivity index (χ0n) is 12.2. The van der Waals surface area contributed by atoms with Crippen molar-refractivity contribution in [3.63, 3.8) is 0 Å². The number of anilines is 1. The van der Waals surface area contributed by atoms with E-state index in [1.54, 1.807) is 6.07 Å². The van der Waals surface area contributed by atoms with Crippen LogP contribution in [0.1, 0.15) is 44.7 Å². The predicted molar refractivity (Wildman–Crippen MR) is 83.8 cm³/mol. The molecule has 3 nitrogen and oxygen atoms in total. The second-order valence-electron chi connectivity index (χ2n) is 5.16. The maximum atomic E-state index is 13.2.